The van der Waals surface area contributed by atoms with Crippen molar-refractivity contribution in [1.29, 1.82) is 0 Å². The van der Waals surface area contributed by atoms with Crippen LogP contribution in [-0.4, -0.2) is 16.3 Å². The van der Waals surface area contributed by atoms with Crippen LogP contribution in [0.5, 0.6) is 0 Å². The van der Waals surface area contributed by atoms with Crippen molar-refractivity contribution in [3.63, 3.8) is 0 Å². The molecule has 0 spiro atoms. The number of thiocarbonyl (C=S) groups is 1. The molecule has 1 aromatic rings. The number of thiazole rings is 1. The van der Waals surface area contributed by atoms with E-state index in [1.54, 1.807) is 6.21 Å². The summed E-state index contributed by atoms with van der Waals surface area (Å²) in [6, 6.07) is 0. The van der Waals surface area contributed by atoms with E-state index < -0.39 is 0 Å². The van der Waals surface area contributed by atoms with E-state index in [0.717, 1.165) is 10.7 Å². The van der Waals surface area contributed by atoms with Crippen molar-refractivity contribution in [1.82, 2.24) is 10.4 Å². The first-order chi connectivity index (χ1) is 5.68. The Kier molecular flexibility index (Phi) is 3.12. The zero-order chi connectivity index (χ0) is 8.97. The van der Waals surface area contributed by atoms with Crippen molar-refractivity contribution in [2.75, 3.05) is 0 Å². The predicted molar refractivity (Wildman–Crippen MR) is 54.4 cm³/mol. The van der Waals surface area contributed by atoms with Crippen molar-refractivity contribution in [3.8, 4) is 0 Å². The van der Waals surface area contributed by atoms with Gasteiger partial charge in [-0.3, -0.25) is 5.43 Å². The van der Waals surface area contributed by atoms with Gasteiger partial charge < -0.3 is 5.73 Å². The number of rotatable bonds is 2. The van der Waals surface area contributed by atoms with Crippen LogP contribution < -0.4 is 11.2 Å². The Hall–Kier alpha value is -1.01. The van der Waals surface area contributed by atoms with Crippen molar-refractivity contribution in [2.24, 2.45) is 10.8 Å². The fourth-order valence-corrected chi connectivity index (χ4v) is 1.29. The fourth-order valence-electron chi connectivity index (χ4n) is 0.583. The number of nitrogens with one attached hydrogen (secondary N) is 1. The number of hydrogen-bond acceptors (Lipinski definition) is 4. The van der Waals surface area contributed by atoms with Crippen LogP contribution in [0, 0.1) is 6.92 Å². The smallest absolute Gasteiger partial charge is 0.184 e. The van der Waals surface area contributed by atoms with Crippen LogP contribution in [0.1, 0.15) is 10.7 Å². The second-order valence-corrected chi connectivity index (χ2v) is 3.39. The first-order valence-corrected chi connectivity index (χ1v) is 4.48. The zero-order valence-corrected chi connectivity index (χ0v) is 8.08. The van der Waals surface area contributed by atoms with Crippen LogP contribution >= 0.6 is 23.6 Å². The van der Waals surface area contributed by atoms with Gasteiger partial charge in [0.25, 0.3) is 0 Å². The lowest BCUT2D eigenvalue weighted by Crippen LogP contribution is -2.23. The molecule has 1 heterocycles. The third-order valence-electron chi connectivity index (χ3n) is 0.987. The van der Waals surface area contributed by atoms with Gasteiger partial charge in [-0.15, -0.1) is 11.3 Å². The lowest BCUT2D eigenvalue weighted by molar-refractivity contribution is 1.04. The van der Waals surface area contributed by atoms with E-state index in [1.807, 2.05) is 12.3 Å². The molecule has 12 heavy (non-hydrogen) atoms. The molecule has 0 amide bonds. The molecule has 0 aromatic carbocycles. The van der Waals surface area contributed by atoms with E-state index in [1.165, 1.54) is 11.3 Å². The molecule has 1 aromatic heterocycles. The molecule has 0 aliphatic heterocycles. The van der Waals surface area contributed by atoms with Crippen molar-refractivity contribution < 1.29 is 0 Å². The summed E-state index contributed by atoms with van der Waals surface area (Å²) in [5.41, 5.74) is 8.58. The van der Waals surface area contributed by atoms with Gasteiger partial charge in [0.05, 0.1) is 6.21 Å². The maximum Gasteiger partial charge on any atom is 0.184 e. The molecule has 0 unspecified atom stereocenters. The van der Waals surface area contributed by atoms with Crippen LogP contribution in [0.15, 0.2) is 10.5 Å². The highest BCUT2D eigenvalue weighted by atomic mass is 32.1. The van der Waals surface area contributed by atoms with E-state index in [4.69, 9.17) is 5.73 Å². The van der Waals surface area contributed by atoms with Crippen molar-refractivity contribution >= 4 is 34.9 Å². The fraction of sp³-hybridized carbons (Fsp3) is 0.167. The Morgan fingerprint density at radius 1 is 1.92 bits per heavy atom. The Bertz CT molecular complexity index is 304. The summed E-state index contributed by atoms with van der Waals surface area (Å²) in [7, 11) is 0. The maximum atomic E-state index is 5.15. The molecule has 0 fully saturated rings. The van der Waals surface area contributed by atoms with Gasteiger partial charge in [-0.25, -0.2) is 4.98 Å². The average molecular weight is 200 g/mol. The lowest BCUT2D eigenvalue weighted by atomic mass is 10.6. The largest absolute Gasteiger partial charge is 0.375 e. The van der Waals surface area contributed by atoms with Gasteiger partial charge in [0.2, 0.25) is 0 Å². The van der Waals surface area contributed by atoms with Gasteiger partial charge >= 0.3 is 0 Å². The lowest BCUT2D eigenvalue weighted by Gasteiger charge is -1.90. The van der Waals surface area contributed by atoms with Crippen molar-refractivity contribution in [2.45, 2.75) is 6.92 Å². The SMILES string of the molecule is Cc1csc(C=NNC(N)=S)n1. The van der Waals surface area contributed by atoms with E-state index in [-0.39, 0.29) is 5.11 Å². The first-order valence-electron chi connectivity index (χ1n) is 3.19. The highest BCUT2D eigenvalue weighted by Crippen LogP contribution is 2.04. The molecule has 0 atom stereocenters. The molecule has 64 valence electrons. The number of nitrogens with zero attached hydrogens (tertiary/aromatic N) is 2. The first kappa shape index (κ1) is 9.08. The minimum atomic E-state index is 0.152. The van der Waals surface area contributed by atoms with E-state index in [9.17, 15) is 0 Å². The minimum Gasteiger partial charge on any atom is -0.375 e. The Labute approximate surface area is 79.5 Å². The molecular weight excluding hydrogens is 192 g/mol. The summed E-state index contributed by atoms with van der Waals surface area (Å²) < 4.78 is 0. The van der Waals surface area contributed by atoms with E-state index >= 15 is 0 Å². The molecule has 3 N–H and O–H groups in total. The van der Waals surface area contributed by atoms with Gasteiger partial charge in [-0.05, 0) is 19.1 Å². The van der Waals surface area contributed by atoms with Crippen LogP contribution in [0.2, 0.25) is 0 Å². The van der Waals surface area contributed by atoms with E-state index in [0.29, 0.717) is 0 Å². The molecule has 4 nitrogen and oxygen atoms in total. The zero-order valence-electron chi connectivity index (χ0n) is 6.44. The monoisotopic (exact) mass is 200 g/mol. The highest BCUT2D eigenvalue weighted by molar-refractivity contribution is 7.80. The van der Waals surface area contributed by atoms with Crippen LogP contribution in [-0.2, 0) is 0 Å². The second-order valence-electron chi connectivity index (χ2n) is 2.06. The number of nitrogens with two attached hydrogens (primary N) is 1. The molecule has 0 aliphatic rings. The van der Waals surface area contributed by atoms with Crippen molar-refractivity contribution in [3.05, 3.63) is 16.1 Å². The summed E-state index contributed by atoms with van der Waals surface area (Å²) in [4.78, 5) is 4.15. The van der Waals surface area contributed by atoms with Gasteiger partial charge in [0, 0.05) is 11.1 Å². The van der Waals surface area contributed by atoms with Gasteiger partial charge in [-0.2, -0.15) is 5.10 Å². The van der Waals surface area contributed by atoms with Crippen LogP contribution in [0.25, 0.3) is 0 Å². The molecule has 0 aliphatic carbocycles. The predicted octanol–water partition coefficient (Wildman–Crippen LogP) is 0.619. The third kappa shape index (κ3) is 2.93. The highest BCUT2D eigenvalue weighted by Gasteiger charge is 1.92. The van der Waals surface area contributed by atoms with E-state index in [2.05, 4.69) is 27.7 Å². The minimum absolute atomic E-state index is 0.152. The van der Waals surface area contributed by atoms with Gasteiger partial charge in [-0.1, -0.05) is 0 Å². The quantitative estimate of drug-likeness (QED) is 0.417. The Morgan fingerprint density at radius 2 is 2.67 bits per heavy atom. The molecule has 0 saturated carbocycles. The maximum absolute atomic E-state index is 5.15. The number of hydrogen-bond donors (Lipinski definition) is 2. The van der Waals surface area contributed by atoms with Crippen LogP contribution in [0.3, 0.4) is 0 Å². The summed E-state index contributed by atoms with van der Waals surface area (Å²) >= 11 is 6.07. The summed E-state index contributed by atoms with van der Waals surface area (Å²) in [6.45, 7) is 1.93. The number of aromatic nitrogens is 1. The molecule has 0 saturated heterocycles. The molecule has 0 radical (unpaired) electrons. The summed E-state index contributed by atoms with van der Waals surface area (Å²) in [5, 5.41) is 6.69. The van der Waals surface area contributed by atoms with Gasteiger partial charge in [0.1, 0.15) is 5.01 Å². The standard InChI is InChI=1S/C6H8N4S2/c1-4-3-12-5(9-4)2-8-10-6(7)11/h2-3H,1H3,(H3,7,10,11). The Balaban J connectivity index is 2.52. The Morgan fingerprint density at radius 3 is 3.17 bits per heavy atom. The summed E-state index contributed by atoms with van der Waals surface area (Å²) in [6.07, 6.45) is 1.58. The average Bonchev–Trinajstić information content (AvgIpc) is 2.35. The number of hydrazone groups is 1. The molecule has 0 bridgehead atoms. The topological polar surface area (TPSA) is 63.3 Å². The van der Waals surface area contributed by atoms with Gasteiger partial charge in [0.15, 0.2) is 5.11 Å². The third-order valence-corrected chi connectivity index (χ3v) is 1.97. The van der Waals surface area contributed by atoms with Crippen LogP contribution in [0.4, 0.5) is 0 Å². The molecule has 6 heteroatoms. The molecule has 1 rings (SSSR count). The normalized spacial score (nSPS) is 10.4. The number of aryl methyl sites for hydroxylation is 1. The summed E-state index contributed by atoms with van der Waals surface area (Å²) in [5.74, 6) is 0. The second kappa shape index (κ2) is 4.13. The molecular formula is C6H8N4S2.